The van der Waals surface area contributed by atoms with Gasteiger partial charge in [0.05, 0.1) is 19.0 Å². The van der Waals surface area contributed by atoms with E-state index >= 15 is 0 Å². The van der Waals surface area contributed by atoms with Gasteiger partial charge in [-0.2, -0.15) is 0 Å². The average Bonchev–Trinajstić information content (AvgIpc) is 2.57. The summed E-state index contributed by atoms with van der Waals surface area (Å²) in [4.78, 5) is 0. The van der Waals surface area contributed by atoms with Gasteiger partial charge in [-0.25, -0.2) is 0 Å². The number of ether oxygens (including phenoxy) is 1. The van der Waals surface area contributed by atoms with Crippen molar-refractivity contribution in [2.45, 2.75) is 26.6 Å². The van der Waals surface area contributed by atoms with Crippen LogP contribution in [0.3, 0.4) is 0 Å². The van der Waals surface area contributed by atoms with Crippen LogP contribution in [0.2, 0.25) is 5.02 Å². The maximum atomic E-state index is 5.93. The molecule has 0 bridgehead atoms. The molecule has 0 aliphatic heterocycles. The van der Waals surface area contributed by atoms with E-state index in [0.29, 0.717) is 6.61 Å². The van der Waals surface area contributed by atoms with Crippen LogP contribution < -0.4 is 0 Å². The van der Waals surface area contributed by atoms with Crippen LogP contribution in [0.1, 0.15) is 19.4 Å². The van der Waals surface area contributed by atoms with E-state index in [-0.39, 0.29) is 6.10 Å². The molecular formula is C12H13ClO2. The van der Waals surface area contributed by atoms with Gasteiger partial charge in [-0.15, -0.1) is 0 Å². The van der Waals surface area contributed by atoms with Gasteiger partial charge in [0, 0.05) is 16.0 Å². The van der Waals surface area contributed by atoms with Crippen molar-refractivity contribution in [2.24, 2.45) is 0 Å². The predicted molar refractivity (Wildman–Crippen MR) is 61.1 cm³/mol. The minimum absolute atomic E-state index is 0.217. The summed E-state index contributed by atoms with van der Waals surface area (Å²) in [7, 11) is 0. The molecule has 3 heteroatoms. The summed E-state index contributed by atoms with van der Waals surface area (Å²) in [6, 6.07) is 5.59. The summed E-state index contributed by atoms with van der Waals surface area (Å²) in [6.45, 7) is 4.58. The Labute approximate surface area is 93.8 Å². The lowest BCUT2D eigenvalue weighted by Gasteiger charge is -2.05. The molecule has 0 radical (unpaired) electrons. The van der Waals surface area contributed by atoms with Gasteiger partial charge < -0.3 is 9.15 Å². The molecule has 2 nitrogen and oxygen atoms in total. The summed E-state index contributed by atoms with van der Waals surface area (Å²) in [5, 5.41) is 1.75. The Bertz CT molecular complexity index is 460. The summed E-state index contributed by atoms with van der Waals surface area (Å²) in [6.07, 6.45) is 1.94. The number of fused-ring (bicyclic) bond motifs is 1. The number of furan rings is 1. The number of benzene rings is 1. The average molecular weight is 225 g/mol. The first-order chi connectivity index (χ1) is 7.16. The Morgan fingerprint density at radius 2 is 2.20 bits per heavy atom. The third-order valence-electron chi connectivity index (χ3n) is 2.19. The van der Waals surface area contributed by atoms with Crippen LogP contribution in [0.4, 0.5) is 0 Å². The van der Waals surface area contributed by atoms with Crippen LogP contribution in [0.15, 0.2) is 28.9 Å². The molecule has 2 aromatic rings. The fourth-order valence-electron chi connectivity index (χ4n) is 1.42. The lowest BCUT2D eigenvalue weighted by molar-refractivity contribution is 0.0660. The quantitative estimate of drug-likeness (QED) is 0.786. The zero-order chi connectivity index (χ0) is 10.8. The molecular weight excluding hydrogens is 212 g/mol. The lowest BCUT2D eigenvalue weighted by Crippen LogP contribution is -2.01. The largest absolute Gasteiger partial charge is 0.464 e. The van der Waals surface area contributed by atoms with Gasteiger partial charge in [-0.05, 0) is 32.0 Å². The van der Waals surface area contributed by atoms with Crippen molar-refractivity contribution in [1.29, 1.82) is 0 Å². The van der Waals surface area contributed by atoms with E-state index in [1.165, 1.54) is 0 Å². The van der Waals surface area contributed by atoms with E-state index in [1.54, 1.807) is 6.26 Å². The highest BCUT2D eigenvalue weighted by atomic mass is 35.5. The summed E-state index contributed by atoms with van der Waals surface area (Å²) in [5.74, 6) is 0. The molecule has 80 valence electrons. The zero-order valence-corrected chi connectivity index (χ0v) is 9.54. The van der Waals surface area contributed by atoms with Crippen LogP contribution in [0.5, 0.6) is 0 Å². The molecule has 0 spiro atoms. The molecule has 0 amide bonds. The van der Waals surface area contributed by atoms with Crippen molar-refractivity contribution < 1.29 is 9.15 Å². The van der Waals surface area contributed by atoms with E-state index in [9.17, 15) is 0 Å². The Hall–Kier alpha value is -0.990. The van der Waals surface area contributed by atoms with Gasteiger partial charge in [0.1, 0.15) is 5.58 Å². The maximum absolute atomic E-state index is 5.93. The van der Waals surface area contributed by atoms with Gasteiger partial charge in [0.15, 0.2) is 0 Å². The molecule has 1 aromatic carbocycles. The van der Waals surface area contributed by atoms with E-state index in [1.807, 2.05) is 32.0 Å². The van der Waals surface area contributed by atoms with Gasteiger partial charge in [0.25, 0.3) is 0 Å². The number of halogens is 1. The SMILES string of the molecule is CC(C)OCc1coc2ccc(Cl)cc12. The van der Waals surface area contributed by atoms with Gasteiger partial charge >= 0.3 is 0 Å². The summed E-state index contributed by atoms with van der Waals surface area (Å²) in [5.41, 5.74) is 1.89. The van der Waals surface area contributed by atoms with Gasteiger partial charge in [-0.1, -0.05) is 11.6 Å². The minimum atomic E-state index is 0.217. The van der Waals surface area contributed by atoms with Crippen molar-refractivity contribution >= 4 is 22.6 Å². The van der Waals surface area contributed by atoms with Crippen molar-refractivity contribution in [1.82, 2.24) is 0 Å². The van der Waals surface area contributed by atoms with Crippen LogP contribution in [0.25, 0.3) is 11.0 Å². The Morgan fingerprint density at radius 1 is 1.40 bits per heavy atom. The molecule has 0 N–H and O–H groups in total. The Morgan fingerprint density at radius 3 is 2.93 bits per heavy atom. The molecule has 2 rings (SSSR count). The normalized spacial score (nSPS) is 11.5. The Kier molecular flexibility index (Phi) is 2.98. The monoisotopic (exact) mass is 224 g/mol. The molecule has 0 fully saturated rings. The first kappa shape index (κ1) is 10.5. The van der Waals surface area contributed by atoms with E-state index < -0.39 is 0 Å². The molecule has 0 saturated carbocycles. The molecule has 1 aromatic heterocycles. The van der Waals surface area contributed by atoms with E-state index in [2.05, 4.69) is 0 Å². The third kappa shape index (κ3) is 2.33. The van der Waals surface area contributed by atoms with Gasteiger partial charge in [0.2, 0.25) is 0 Å². The van der Waals surface area contributed by atoms with Crippen molar-refractivity contribution in [3.8, 4) is 0 Å². The first-order valence-corrected chi connectivity index (χ1v) is 5.32. The topological polar surface area (TPSA) is 22.4 Å². The molecule has 0 atom stereocenters. The third-order valence-corrected chi connectivity index (χ3v) is 2.42. The second-order valence-corrected chi connectivity index (χ2v) is 4.20. The molecule has 0 aliphatic carbocycles. The highest BCUT2D eigenvalue weighted by Crippen LogP contribution is 2.25. The second kappa shape index (κ2) is 4.25. The summed E-state index contributed by atoms with van der Waals surface area (Å²) >= 11 is 5.93. The number of rotatable bonds is 3. The molecule has 0 aliphatic rings. The van der Waals surface area contributed by atoms with Gasteiger partial charge in [-0.3, -0.25) is 0 Å². The van der Waals surface area contributed by atoms with Crippen LogP contribution in [-0.4, -0.2) is 6.10 Å². The fraction of sp³-hybridized carbons (Fsp3) is 0.333. The van der Waals surface area contributed by atoms with Crippen LogP contribution in [-0.2, 0) is 11.3 Å². The highest BCUT2D eigenvalue weighted by Gasteiger charge is 2.07. The highest BCUT2D eigenvalue weighted by molar-refractivity contribution is 6.31. The predicted octanol–water partition coefficient (Wildman–Crippen LogP) is 4.01. The smallest absolute Gasteiger partial charge is 0.134 e. The second-order valence-electron chi connectivity index (χ2n) is 3.76. The number of hydrogen-bond donors (Lipinski definition) is 0. The molecule has 1 heterocycles. The lowest BCUT2D eigenvalue weighted by atomic mass is 10.2. The first-order valence-electron chi connectivity index (χ1n) is 4.94. The number of hydrogen-bond acceptors (Lipinski definition) is 2. The van der Waals surface area contributed by atoms with Crippen LogP contribution in [0, 0.1) is 0 Å². The molecule has 0 unspecified atom stereocenters. The fourth-order valence-corrected chi connectivity index (χ4v) is 1.59. The summed E-state index contributed by atoms with van der Waals surface area (Å²) < 4.78 is 10.9. The van der Waals surface area contributed by atoms with Crippen molar-refractivity contribution in [3.05, 3.63) is 35.0 Å². The van der Waals surface area contributed by atoms with E-state index in [0.717, 1.165) is 21.6 Å². The standard InChI is InChI=1S/C12H13ClO2/c1-8(2)14-6-9-7-15-12-4-3-10(13)5-11(9)12/h3-5,7-8H,6H2,1-2H3. The maximum Gasteiger partial charge on any atom is 0.134 e. The molecule has 15 heavy (non-hydrogen) atoms. The van der Waals surface area contributed by atoms with Crippen molar-refractivity contribution in [3.63, 3.8) is 0 Å². The minimum Gasteiger partial charge on any atom is -0.464 e. The Balaban J connectivity index is 2.31. The van der Waals surface area contributed by atoms with Crippen molar-refractivity contribution in [2.75, 3.05) is 0 Å². The van der Waals surface area contributed by atoms with Crippen LogP contribution >= 0.6 is 11.6 Å². The zero-order valence-electron chi connectivity index (χ0n) is 8.79. The molecule has 0 saturated heterocycles. The van der Waals surface area contributed by atoms with E-state index in [4.69, 9.17) is 20.8 Å².